The zero-order valence-electron chi connectivity index (χ0n) is 19.1. The van der Waals surface area contributed by atoms with E-state index in [0.29, 0.717) is 12.8 Å². The fourth-order valence-corrected chi connectivity index (χ4v) is 3.52. The molecular formula is C22H37NO8. The van der Waals surface area contributed by atoms with Crippen molar-refractivity contribution in [1.29, 1.82) is 0 Å². The second-order valence-corrected chi connectivity index (χ2v) is 8.39. The number of Topliss-reactive ketones (excluding diaryl/α,β-unsaturated/α-hetero) is 1. The lowest BCUT2D eigenvalue weighted by molar-refractivity contribution is -0.151. The molecule has 1 saturated heterocycles. The van der Waals surface area contributed by atoms with Gasteiger partial charge in [-0.15, -0.1) is 0 Å². The van der Waals surface area contributed by atoms with Crippen molar-refractivity contribution in [2.24, 2.45) is 11.8 Å². The van der Waals surface area contributed by atoms with Crippen LogP contribution in [0.1, 0.15) is 46.5 Å². The first-order chi connectivity index (χ1) is 14.5. The van der Waals surface area contributed by atoms with E-state index in [2.05, 4.69) is 0 Å². The highest BCUT2D eigenvalue weighted by atomic mass is 16.5. The van der Waals surface area contributed by atoms with Crippen LogP contribution in [0.15, 0.2) is 12.2 Å². The van der Waals surface area contributed by atoms with E-state index in [4.69, 9.17) is 9.47 Å². The van der Waals surface area contributed by atoms with Crippen LogP contribution in [0.4, 0.5) is 0 Å². The lowest BCUT2D eigenvalue weighted by Gasteiger charge is -2.28. The lowest BCUT2D eigenvalue weighted by atomic mass is 9.90. The number of carbonyl (C=O) groups excluding carboxylic acids is 3. The van der Waals surface area contributed by atoms with E-state index in [-0.39, 0.29) is 37.2 Å². The number of aliphatic hydroxyl groups is 3. The highest BCUT2D eigenvalue weighted by Crippen LogP contribution is 2.24. The molecule has 0 unspecified atom stereocenters. The van der Waals surface area contributed by atoms with Gasteiger partial charge in [-0.3, -0.25) is 14.4 Å². The molecule has 31 heavy (non-hydrogen) atoms. The molecule has 9 heteroatoms. The number of hydrogen-bond acceptors (Lipinski definition) is 8. The standard InChI is InChI=1S/C22H37NO8/c1-6-18(26)31-15-9-8-14(22(29)23(4)12-15)11-17(25)21(30-5)20(28)19(27)16(24)10-7-13(2)3/h7,10,13-16,19-21,24,27-28H,6,8-9,11-12H2,1-5H3/b10-7+/t14-,15+,16-,19+,20-,21+/m1/s1. The normalized spacial score (nSPS) is 24.0. The number of rotatable bonds is 11. The molecule has 1 heterocycles. The van der Waals surface area contributed by atoms with Crippen LogP contribution in [-0.4, -0.2) is 89.1 Å². The van der Waals surface area contributed by atoms with Gasteiger partial charge in [0, 0.05) is 32.9 Å². The summed E-state index contributed by atoms with van der Waals surface area (Å²) in [7, 11) is 2.80. The summed E-state index contributed by atoms with van der Waals surface area (Å²) < 4.78 is 10.5. The molecule has 9 nitrogen and oxygen atoms in total. The maximum Gasteiger partial charge on any atom is 0.305 e. The summed E-state index contributed by atoms with van der Waals surface area (Å²) in [6, 6.07) is 0. The van der Waals surface area contributed by atoms with E-state index in [1.54, 1.807) is 20.0 Å². The Kier molecular flexibility index (Phi) is 11.3. The van der Waals surface area contributed by atoms with Gasteiger partial charge in [-0.25, -0.2) is 0 Å². The van der Waals surface area contributed by atoms with Crippen LogP contribution in [-0.2, 0) is 23.9 Å². The molecule has 178 valence electrons. The summed E-state index contributed by atoms with van der Waals surface area (Å²) in [5.41, 5.74) is 0. The Morgan fingerprint density at radius 3 is 2.35 bits per heavy atom. The van der Waals surface area contributed by atoms with Crippen molar-refractivity contribution in [3.63, 3.8) is 0 Å². The molecule has 0 radical (unpaired) electrons. The summed E-state index contributed by atoms with van der Waals surface area (Å²) in [5.74, 6) is -1.67. The zero-order valence-corrected chi connectivity index (χ0v) is 19.1. The van der Waals surface area contributed by atoms with E-state index in [9.17, 15) is 29.7 Å². The third kappa shape index (κ3) is 8.33. The number of likely N-dealkylation sites (tertiary alicyclic amines) is 1. The Morgan fingerprint density at radius 1 is 1.16 bits per heavy atom. The van der Waals surface area contributed by atoms with Crippen molar-refractivity contribution in [3.8, 4) is 0 Å². The number of likely N-dealkylation sites (N-methyl/N-ethyl adjacent to an activating group) is 1. The number of hydrogen-bond donors (Lipinski definition) is 3. The lowest BCUT2D eigenvalue weighted by Crippen LogP contribution is -2.48. The molecular weight excluding hydrogens is 406 g/mol. The molecule has 1 fully saturated rings. The number of methoxy groups -OCH3 is 1. The molecule has 1 rings (SSSR count). The third-order valence-corrected chi connectivity index (χ3v) is 5.35. The summed E-state index contributed by atoms with van der Waals surface area (Å²) >= 11 is 0. The van der Waals surface area contributed by atoms with Gasteiger partial charge in [0.25, 0.3) is 0 Å². The van der Waals surface area contributed by atoms with Gasteiger partial charge in [0.15, 0.2) is 5.78 Å². The molecule has 3 N–H and O–H groups in total. The minimum atomic E-state index is -1.67. The first kappa shape index (κ1) is 27.2. The predicted octanol–water partition coefficient (Wildman–Crippen LogP) is 0.446. The minimum Gasteiger partial charge on any atom is -0.460 e. The van der Waals surface area contributed by atoms with Crippen molar-refractivity contribution in [2.75, 3.05) is 20.7 Å². The Morgan fingerprint density at radius 2 is 1.81 bits per heavy atom. The molecule has 1 aliphatic heterocycles. The molecule has 0 aliphatic carbocycles. The van der Waals surface area contributed by atoms with Gasteiger partial charge in [0.1, 0.15) is 30.5 Å². The molecule has 6 atom stereocenters. The molecule has 0 saturated carbocycles. The number of esters is 1. The highest BCUT2D eigenvalue weighted by Gasteiger charge is 2.38. The number of carbonyl (C=O) groups is 3. The second-order valence-electron chi connectivity index (χ2n) is 8.39. The summed E-state index contributed by atoms with van der Waals surface area (Å²) in [5, 5.41) is 30.7. The fraction of sp³-hybridized carbons (Fsp3) is 0.773. The smallest absolute Gasteiger partial charge is 0.305 e. The first-order valence-corrected chi connectivity index (χ1v) is 10.7. The van der Waals surface area contributed by atoms with Crippen molar-refractivity contribution in [2.45, 2.75) is 77.0 Å². The number of ketones is 1. The Labute approximate surface area is 184 Å². The zero-order chi connectivity index (χ0) is 23.7. The van der Waals surface area contributed by atoms with Gasteiger partial charge >= 0.3 is 5.97 Å². The maximum absolute atomic E-state index is 12.8. The summed E-state index contributed by atoms with van der Waals surface area (Å²) in [6.45, 7) is 5.72. The minimum absolute atomic E-state index is 0.137. The Balaban J connectivity index is 2.81. The summed E-state index contributed by atoms with van der Waals surface area (Å²) in [4.78, 5) is 38.5. The van der Waals surface area contributed by atoms with Gasteiger partial charge in [0.05, 0.1) is 6.54 Å². The third-order valence-electron chi connectivity index (χ3n) is 5.35. The number of aliphatic hydroxyl groups excluding tert-OH is 3. The number of amides is 1. The van der Waals surface area contributed by atoms with Gasteiger partial charge in [-0.1, -0.05) is 32.9 Å². The molecule has 0 aromatic rings. The van der Waals surface area contributed by atoms with Crippen LogP contribution in [0.25, 0.3) is 0 Å². The predicted molar refractivity (Wildman–Crippen MR) is 113 cm³/mol. The largest absolute Gasteiger partial charge is 0.460 e. The van der Waals surface area contributed by atoms with Crippen molar-refractivity contribution in [3.05, 3.63) is 12.2 Å². The molecule has 1 amide bonds. The van der Waals surface area contributed by atoms with Crippen molar-refractivity contribution in [1.82, 2.24) is 4.90 Å². The Bertz CT molecular complexity index is 635. The fourth-order valence-electron chi connectivity index (χ4n) is 3.52. The second kappa shape index (κ2) is 12.9. The van der Waals surface area contributed by atoms with Crippen molar-refractivity contribution < 1.29 is 39.2 Å². The first-order valence-electron chi connectivity index (χ1n) is 10.7. The SMILES string of the molecule is CCC(=O)O[C@H]1CC[C@H](CC(=O)[C@H](OC)[C@H](O)[C@@H](O)[C@H](O)/C=C/C(C)C)C(=O)N(C)C1. The molecule has 0 aromatic heterocycles. The van der Waals surface area contributed by atoms with Crippen LogP contribution in [0.5, 0.6) is 0 Å². The number of nitrogens with zero attached hydrogens (tertiary/aromatic N) is 1. The maximum atomic E-state index is 12.8. The Hall–Kier alpha value is -1.81. The molecule has 0 bridgehead atoms. The van der Waals surface area contributed by atoms with Crippen LogP contribution >= 0.6 is 0 Å². The van der Waals surface area contributed by atoms with E-state index in [0.717, 1.165) is 0 Å². The highest BCUT2D eigenvalue weighted by molar-refractivity contribution is 5.89. The van der Waals surface area contributed by atoms with Gasteiger partial charge < -0.3 is 29.7 Å². The molecule has 1 aliphatic rings. The average Bonchev–Trinajstić information content (AvgIpc) is 2.85. The quantitative estimate of drug-likeness (QED) is 0.310. The topological polar surface area (TPSA) is 134 Å². The van der Waals surface area contributed by atoms with E-state index < -0.39 is 42.2 Å². The van der Waals surface area contributed by atoms with E-state index >= 15 is 0 Å². The van der Waals surface area contributed by atoms with Crippen LogP contribution in [0, 0.1) is 11.8 Å². The average molecular weight is 444 g/mol. The molecule has 0 aromatic carbocycles. The van der Waals surface area contributed by atoms with E-state index in [1.165, 1.54) is 18.1 Å². The summed E-state index contributed by atoms with van der Waals surface area (Å²) in [6.07, 6.45) is -2.65. The van der Waals surface area contributed by atoms with Crippen LogP contribution in [0.2, 0.25) is 0 Å². The number of ether oxygens (including phenoxy) is 2. The van der Waals surface area contributed by atoms with Crippen LogP contribution in [0.3, 0.4) is 0 Å². The van der Waals surface area contributed by atoms with Gasteiger partial charge in [-0.2, -0.15) is 0 Å². The molecule has 0 spiro atoms. The van der Waals surface area contributed by atoms with Crippen LogP contribution < -0.4 is 0 Å². The van der Waals surface area contributed by atoms with Gasteiger partial charge in [0.2, 0.25) is 5.91 Å². The van der Waals surface area contributed by atoms with Gasteiger partial charge in [-0.05, 0) is 18.8 Å². The van der Waals surface area contributed by atoms with Crippen molar-refractivity contribution >= 4 is 17.7 Å². The van der Waals surface area contributed by atoms with E-state index in [1.807, 2.05) is 13.8 Å². The monoisotopic (exact) mass is 443 g/mol. The number of allylic oxidation sites excluding steroid dienone is 1.